The van der Waals surface area contributed by atoms with E-state index in [1.165, 1.54) is 5.56 Å². The normalized spacial score (nSPS) is 10.8. The molecule has 0 aliphatic heterocycles. The molecule has 31 heavy (non-hydrogen) atoms. The molecule has 1 amide bonds. The Balaban J connectivity index is 1.42. The van der Waals surface area contributed by atoms with E-state index in [2.05, 4.69) is 28.6 Å². The quantitative estimate of drug-likeness (QED) is 0.401. The minimum absolute atomic E-state index is 0.241. The summed E-state index contributed by atoms with van der Waals surface area (Å²) in [5.74, 6) is 0.329. The van der Waals surface area contributed by atoms with Gasteiger partial charge in [-0.3, -0.25) is 10.1 Å². The summed E-state index contributed by atoms with van der Waals surface area (Å²) in [4.78, 5) is 17.0. The van der Waals surface area contributed by atoms with Crippen LogP contribution in [0, 0.1) is 13.8 Å². The molecule has 0 saturated carbocycles. The maximum atomic E-state index is 12.4. The predicted octanol–water partition coefficient (Wildman–Crippen LogP) is 5.80. The molecule has 0 radical (unpaired) electrons. The second kappa shape index (κ2) is 8.70. The number of nitrogens with one attached hydrogen (secondary N) is 2. The number of aromatic nitrogens is 1. The number of thiocarbonyl (C=S) groups is 1. The molecular formula is C25H23N3O2S. The summed E-state index contributed by atoms with van der Waals surface area (Å²) in [5, 5.41) is 5.98. The number of hydrogen-bond donors (Lipinski definition) is 2. The standard InChI is InChI=1S/C25H23N3O2S/c1-4-17-5-7-18(8-6-17)23(29)28-25(31)26-20-11-9-19(10-12-20)24-27-21-14-15(2)13-16(3)22(21)30-24/h5-14H,4H2,1-3H3,(H2,26,28,29,31). The first-order valence-corrected chi connectivity index (χ1v) is 10.5. The van der Waals surface area contributed by atoms with E-state index in [1.807, 2.05) is 56.3 Å². The second-order valence-electron chi connectivity index (χ2n) is 7.49. The van der Waals surface area contributed by atoms with Crippen molar-refractivity contribution in [1.29, 1.82) is 0 Å². The number of nitrogens with zero attached hydrogens (tertiary/aromatic N) is 1. The molecule has 0 aliphatic carbocycles. The van der Waals surface area contributed by atoms with E-state index in [4.69, 9.17) is 16.6 Å². The molecule has 0 unspecified atom stereocenters. The molecule has 156 valence electrons. The third-order valence-electron chi connectivity index (χ3n) is 5.06. The molecule has 0 aliphatic rings. The van der Waals surface area contributed by atoms with Crippen LogP contribution >= 0.6 is 12.2 Å². The van der Waals surface area contributed by atoms with Crippen LogP contribution in [0.2, 0.25) is 0 Å². The summed E-state index contributed by atoms with van der Waals surface area (Å²) in [6.07, 6.45) is 0.931. The van der Waals surface area contributed by atoms with E-state index in [0.29, 0.717) is 11.5 Å². The molecule has 0 bridgehead atoms. The number of anilines is 1. The molecule has 1 aromatic heterocycles. The summed E-state index contributed by atoms with van der Waals surface area (Å²) >= 11 is 5.28. The number of carbonyl (C=O) groups excluding carboxylic acids is 1. The Bertz CT molecular complexity index is 1260. The fourth-order valence-corrected chi connectivity index (χ4v) is 3.64. The van der Waals surface area contributed by atoms with Gasteiger partial charge in [-0.05, 0) is 91.6 Å². The zero-order chi connectivity index (χ0) is 22.0. The summed E-state index contributed by atoms with van der Waals surface area (Å²) < 4.78 is 5.96. The van der Waals surface area contributed by atoms with Crippen LogP contribution in [0.5, 0.6) is 0 Å². The van der Waals surface area contributed by atoms with Crippen LogP contribution in [0.15, 0.2) is 65.1 Å². The summed E-state index contributed by atoms with van der Waals surface area (Å²) in [7, 11) is 0. The highest BCUT2D eigenvalue weighted by Gasteiger charge is 2.12. The van der Waals surface area contributed by atoms with Gasteiger partial charge in [0.05, 0.1) is 0 Å². The highest BCUT2D eigenvalue weighted by molar-refractivity contribution is 7.80. The van der Waals surface area contributed by atoms with Gasteiger partial charge in [-0.25, -0.2) is 4.98 Å². The van der Waals surface area contributed by atoms with Gasteiger partial charge in [0.2, 0.25) is 5.89 Å². The van der Waals surface area contributed by atoms with Crippen molar-refractivity contribution in [3.05, 3.63) is 82.9 Å². The summed E-state index contributed by atoms with van der Waals surface area (Å²) in [6, 6.07) is 19.1. The molecule has 0 saturated heterocycles. The van der Waals surface area contributed by atoms with Crippen LogP contribution in [0.4, 0.5) is 5.69 Å². The first-order valence-electron chi connectivity index (χ1n) is 10.1. The molecule has 4 rings (SSSR count). The molecule has 6 heteroatoms. The third-order valence-corrected chi connectivity index (χ3v) is 5.27. The van der Waals surface area contributed by atoms with Crippen LogP contribution in [0.1, 0.15) is 34.0 Å². The van der Waals surface area contributed by atoms with Gasteiger partial charge in [-0.15, -0.1) is 0 Å². The van der Waals surface area contributed by atoms with Gasteiger partial charge in [-0.2, -0.15) is 0 Å². The van der Waals surface area contributed by atoms with Gasteiger partial charge >= 0.3 is 0 Å². The van der Waals surface area contributed by atoms with Crippen molar-refractivity contribution >= 4 is 40.0 Å². The van der Waals surface area contributed by atoms with Crippen LogP contribution in [0.25, 0.3) is 22.6 Å². The maximum absolute atomic E-state index is 12.4. The molecule has 3 aromatic carbocycles. The number of carbonyl (C=O) groups is 1. The van der Waals surface area contributed by atoms with Crippen LogP contribution in [-0.2, 0) is 6.42 Å². The molecule has 5 nitrogen and oxygen atoms in total. The van der Waals surface area contributed by atoms with Crippen molar-refractivity contribution in [2.75, 3.05) is 5.32 Å². The van der Waals surface area contributed by atoms with Gasteiger partial charge in [-0.1, -0.05) is 25.1 Å². The highest BCUT2D eigenvalue weighted by atomic mass is 32.1. The topological polar surface area (TPSA) is 67.2 Å². The summed E-state index contributed by atoms with van der Waals surface area (Å²) in [6.45, 7) is 6.14. The Morgan fingerprint density at radius 1 is 1.03 bits per heavy atom. The van der Waals surface area contributed by atoms with Gasteiger partial charge < -0.3 is 9.73 Å². The van der Waals surface area contributed by atoms with Crippen LogP contribution in [0.3, 0.4) is 0 Å². The first kappa shape index (κ1) is 20.8. The molecule has 0 atom stereocenters. The van der Waals surface area contributed by atoms with Crippen molar-refractivity contribution in [3.63, 3.8) is 0 Å². The lowest BCUT2D eigenvalue weighted by Gasteiger charge is -2.10. The zero-order valence-corrected chi connectivity index (χ0v) is 18.5. The van der Waals surface area contributed by atoms with Gasteiger partial charge in [0.15, 0.2) is 10.7 Å². The van der Waals surface area contributed by atoms with E-state index >= 15 is 0 Å². The Morgan fingerprint density at radius 2 is 1.74 bits per heavy atom. The Kier molecular flexibility index (Phi) is 5.82. The smallest absolute Gasteiger partial charge is 0.257 e. The number of fused-ring (bicyclic) bond motifs is 1. The van der Waals surface area contributed by atoms with E-state index in [0.717, 1.165) is 39.9 Å². The minimum Gasteiger partial charge on any atom is -0.436 e. The zero-order valence-electron chi connectivity index (χ0n) is 17.7. The van der Waals surface area contributed by atoms with Gasteiger partial charge in [0.25, 0.3) is 5.91 Å². The van der Waals surface area contributed by atoms with Gasteiger partial charge in [0, 0.05) is 16.8 Å². The SMILES string of the molecule is CCc1ccc(C(=O)NC(=S)Nc2ccc(-c3nc4cc(C)cc(C)c4o3)cc2)cc1. The predicted molar refractivity (Wildman–Crippen MR) is 128 cm³/mol. The fourth-order valence-electron chi connectivity index (χ4n) is 3.43. The second-order valence-corrected chi connectivity index (χ2v) is 7.89. The van der Waals surface area contributed by atoms with Crippen molar-refractivity contribution in [2.45, 2.75) is 27.2 Å². The lowest BCUT2D eigenvalue weighted by Crippen LogP contribution is -2.34. The fraction of sp³-hybridized carbons (Fsp3) is 0.160. The third kappa shape index (κ3) is 4.64. The Labute approximate surface area is 186 Å². The average Bonchev–Trinajstić information content (AvgIpc) is 3.18. The number of amides is 1. The van der Waals surface area contributed by atoms with E-state index < -0.39 is 0 Å². The van der Waals surface area contributed by atoms with E-state index in [-0.39, 0.29) is 11.0 Å². The number of rotatable bonds is 4. The van der Waals surface area contributed by atoms with Gasteiger partial charge in [0.1, 0.15) is 5.52 Å². The average molecular weight is 430 g/mol. The lowest BCUT2D eigenvalue weighted by atomic mass is 10.1. The molecule has 4 aromatic rings. The van der Waals surface area contributed by atoms with Crippen molar-refractivity contribution in [2.24, 2.45) is 0 Å². The number of oxazole rings is 1. The lowest BCUT2D eigenvalue weighted by molar-refractivity contribution is 0.0977. The Morgan fingerprint density at radius 3 is 2.42 bits per heavy atom. The molecule has 1 heterocycles. The largest absolute Gasteiger partial charge is 0.436 e. The first-order chi connectivity index (χ1) is 14.9. The highest BCUT2D eigenvalue weighted by Crippen LogP contribution is 2.28. The maximum Gasteiger partial charge on any atom is 0.257 e. The number of hydrogen-bond acceptors (Lipinski definition) is 4. The van der Waals surface area contributed by atoms with Crippen molar-refractivity contribution in [1.82, 2.24) is 10.3 Å². The number of aryl methyl sites for hydroxylation is 3. The number of benzene rings is 3. The monoisotopic (exact) mass is 429 g/mol. The molecule has 0 fully saturated rings. The van der Waals surface area contributed by atoms with Crippen molar-refractivity contribution in [3.8, 4) is 11.5 Å². The molecule has 0 spiro atoms. The minimum atomic E-state index is -0.242. The van der Waals surface area contributed by atoms with E-state index in [9.17, 15) is 4.79 Å². The molecule has 2 N–H and O–H groups in total. The summed E-state index contributed by atoms with van der Waals surface area (Å²) in [5.41, 5.74) is 7.26. The van der Waals surface area contributed by atoms with E-state index in [1.54, 1.807) is 12.1 Å². The van der Waals surface area contributed by atoms with Crippen LogP contribution in [-0.4, -0.2) is 16.0 Å². The van der Waals surface area contributed by atoms with Crippen LogP contribution < -0.4 is 10.6 Å². The van der Waals surface area contributed by atoms with Crippen molar-refractivity contribution < 1.29 is 9.21 Å². The molecular weight excluding hydrogens is 406 g/mol. The Hall–Kier alpha value is -3.51.